The molecule has 1 saturated carbocycles. The van der Waals surface area contributed by atoms with E-state index < -0.39 is 11.9 Å². The Labute approximate surface area is 149 Å². The van der Waals surface area contributed by atoms with Crippen molar-refractivity contribution in [2.24, 2.45) is 28.6 Å². The van der Waals surface area contributed by atoms with Gasteiger partial charge in [0.1, 0.15) is 0 Å². The van der Waals surface area contributed by atoms with Gasteiger partial charge in [-0.05, 0) is 54.4 Å². The van der Waals surface area contributed by atoms with Crippen molar-refractivity contribution < 1.29 is 24.6 Å². The maximum absolute atomic E-state index is 12.8. The summed E-state index contributed by atoms with van der Waals surface area (Å²) in [4.78, 5) is 35.5. The lowest BCUT2D eigenvalue weighted by molar-refractivity contribution is -0.143. The fraction of sp³-hybridized carbons (Fsp3) is 0.750. The second-order valence-electron chi connectivity index (χ2n) is 8.92. The molecule has 4 atom stereocenters. The molecular weight excluding hydrogens is 320 g/mol. The van der Waals surface area contributed by atoms with E-state index in [9.17, 15) is 19.5 Å². The van der Waals surface area contributed by atoms with Crippen LogP contribution in [0.25, 0.3) is 0 Å². The van der Waals surface area contributed by atoms with E-state index in [-0.39, 0.29) is 46.4 Å². The van der Waals surface area contributed by atoms with Crippen LogP contribution < -0.4 is 0 Å². The van der Waals surface area contributed by atoms with Crippen LogP contribution >= 0.6 is 0 Å². The standard InChI is InChI=1S/C20H30O5/c1-12(10-16(22)23)6-7-14-13(18(24)25)11-15(21)17-19(2,3)8-5-9-20(14,17)4/h11-12,14,17H,5-10H2,1-4H3,(H,22,23)(H,24,25)/t12-,14+,17+,20-/m1/s1. The molecule has 2 N–H and O–H groups in total. The first-order valence-corrected chi connectivity index (χ1v) is 9.19. The average molecular weight is 350 g/mol. The summed E-state index contributed by atoms with van der Waals surface area (Å²) < 4.78 is 0. The van der Waals surface area contributed by atoms with Gasteiger partial charge in [-0.2, -0.15) is 0 Å². The Morgan fingerprint density at radius 1 is 1.24 bits per heavy atom. The number of carboxylic acids is 2. The molecule has 25 heavy (non-hydrogen) atoms. The minimum absolute atomic E-state index is 0.0103. The van der Waals surface area contributed by atoms with Crippen LogP contribution in [0.15, 0.2) is 11.6 Å². The van der Waals surface area contributed by atoms with E-state index in [4.69, 9.17) is 5.11 Å². The van der Waals surface area contributed by atoms with Crippen molar-refractivity contribution in [2.75, 3.05) is 0 Å². The molecule has 0 aliphatic heterocycles. The predicted molar refractivity (Wildman–Crippen MR) is 94.1 cm³/mol. The Balaban J connectivity index is 2.35. The molecule has 0 heterocycles. The highest BCUT2D eigenvalue weighted by atomic mass is 16.4. The van der Waals surface area contributed by atoms with E-state index in [1.807, 2.05) is 6.92 Å². The lowest BCUT2D eigenvalue weighted by Crippen LogP contribution is -2.53. The van der Waals surface area contributed by atoms with Gasteiger partial charge >= 0.3 is 11.9 Å². The molecule has 0 unspecified atom stereocenters. The Hall–Kier alpha value is -1.65. The Bertz CT molecular complexity index is 603. The maximum atomic E-state index is 12.8. The van der Waals surface area contributed by atoms with Gasteiger partial charge in [0.25, 0.3) is 0 Å². The van der Waals surface area contributed by atoms with Crippen molar-refractivity contribution in [2.45, 2.75) is 66.2 Å². The lowest BCUT2D eigenvalue weighted by atomic mass is 9.47. The van der Waals surface area contributed by atoms with E-state index in [1.165, 1.54) is 6.08 Å². The van der Waals surface area contributed by atoms with Gasteiger partial charge in [0.05, 0.1) is 0 Å². The third-order valence-corrected chi connectivity index (χ3v) is 6.45. The zero-order valence-electron chi connectivity index (χ0n) is 15.7. The van der Waals surface area contributed by atoms with Crippen molar-refractivity contribution in [1.29, 1.82) is 0 Å². The monoisotopic (exact) mass is 350 g/mol. The molecule has 0 amide bonds. The second-order valence-corrected chi connectivity index (χ2v) is 8.92. The summed E-state index contributed by atoms with van der Waals surface area (Å²) in [6, 6.07) is 0. The first-order chi connectivity index (χ1) is 11.5. The number of rotatable bonds is 6. The summed E-state index contributed by atoms with van der Waals surface area (Å²) in [5.74, 6) is -2.29. The summed E-state index contributed by atoms with van der Waals surface area (Å²) in [6.07, 6.45) is 5.51. The first kappa shape index (κ1) is 19.7. The number of fused-ring (bicyclic) bond motifs is 1. The highest BCUT2D eigenvalue weighted by Crippen LogP contribution is 2.59. The van der Waals surface area contributed by atoms with Crippen molar-refractivity contribution in [3.8, 4) is 0 Å². The fourth-order valence-electron chi connectivity index (χ4n) is 5.43. The predicted octanol–water partition coefficient (Wildman–Crippen LogP) is 3.92. The molecule has 0 bridgehead atoms. The number of carbonyl (C=O) groups is 3. The molecule has 1 fully saturated rings. The van der Waals surface area contributed by atoms with Crippen LogP contribution in [0, 0.1) is 28.6 Å². The third-order valence-electron chi connectivity index (χ3n) is 6.45. The normalized spacial score (nSPS) is 32.5. The molecule has 2 aliphatic carbocycles. The topological polar surface area (TPSA) is 91.7 Å². The number of hydrogen-bond acceptors (Lipinski definition) is 3. The van der Waals surface area contributed by atoms with Gasteiger partial charge in [-0.25, -0.2) is 4.79 Å². The van der Waals surface area contributed by atoms with Crippen LogP contribution in [-0.2, 0) is 14.4 Å². The van der Waals surface area contributed by atoms with E-state index in [1.54, 1.807) is 0 Å². The summed E-state index contributed by atoms with van der Waals surface area (Å²) in [7, 11) is 0. The zero-order valence-corrected chi connectivity index (χ0v) is 15.7. The van der Waals surface area contributed by atoms with Crippen LogP contribution in [0.1, 0.15) is 66.2 Å². The highest BCUT2D eigenvalue weighted by molar-refractivity contribution is 6.02. The maximum Gasteiger partial charge on any atom is 0.331 e. The largest absolute Gasteiger partial charge is 0.481 e. The molecule has 0 aromatic rings. The molecular formula is C20H30O5. The molecule has 140 valence electrons. The third kappa shape index (κ3) is 3.80. The minimum Gasteiger partial charge on any atom is -0.481 e. The van der Waals surface area contributed by atoms with Gasteiger partial charge in [-0.1, -0.05) is 34.1 Å². The summed E-state index contributed by atoms with van der Waals surface area (Å²) in [6.45, 7) is 8.17. The van der Waals surface area contributed by atoms with Crippen molar-refractivity contribution in [1.82, 2.24) is 0 Å². The first-order valence-electron chi connectivity index (χ1n) is 9.19. The van der Waals surface area contributed by atoms with Crippen molar-refractivity contribution in [3.05, 3.63) is 11.6 Å². The number of hydrogen-bond donors (Lipinski definition) is 2. The van der Waals surface area contributed by atoms with Gasteiger partial charge in [0, 0.05) is 17.9 Å². The molecule has 0 aromatic heterocycles. The second kappa shape index (κ2) is 6.93. The lowest BCUT2D eigenvalue weighted by Gasteiger charge is -2.55. The van der Waals surface area contributed by atoms with Gasteiger partial charge in [0.2, 0.25) is 0 Å². The molecule has 0 radical (unpaired) electrons. The quantitative estimate of drug-likeness (QED) is 0.757. The van der Waals surface area contributed by atoms with Crippen LogP contribution in [-0.4, -0.2) is 27.9 Å². The molecule has 5 heteroatoms. The van der Waals surface area contributed by atoms with E-state index >= 15 is 0 Å². The average Bonchev–Trinajstić information content (AvgIpc) is 2.43. The Kier molecular flexibility index (Phi) is 5.45. The van der Waals surface area contributed by atoms with Crippen LogP contribution in [0.4, 0.5) is 0 Å². The van der Waals surface area contributed by atoms with Crippen LogP contribution in [0.2, 0.25) is 0 Å². The van der Waals surface area contributed by atoms with E-state index in [2.05, 4.69) is 20.8 Å². The summed E-state index contributed by atoms with van der Waals surface area (Å²) in [5.41, 5.74) is -0.302. The van der Waals surface area contributed by atoms with Gasteiger partial charge in [-0.3, -0.25) is 9.59 Å². The number of aliphatic carboxylic acids is 2. The molecule has 0 saturated heterocycles. The number of ketones is 1. The molecule has 2 rings (SSSR count). The Morgan fingerprint density at radius 3 is 2.44 bits per heavy atom. The molecule has 5 nitrogen and oxygen atoms in total. The van der Waals surface area contributed by atoms with Gasteiger partial charge in [0.15, 0.2) is 5.78 Å². The molecule has 0 aromatic carbocycles. The molecule has 0 spiro atoms. The summed E-state index contributed by atoms with van der Waals surface area (Å²) in [5, 5.41) is 18.6. The highest BCUT2D eigenvalue weighted by Gasteiger charge is 2.56. The smallest absolute Gasteiger partial charge is 0.331 e. The van der Waals surface area contributed by atoms with Crippen molar-refractivity contribution in [3.63, 3.8) is 0 Å². The summed E-state index contributed by atoms with van der Waals surface area (Å²) >= 11 is 0. The zero-order chi connectivity index (χ0) is 19.0. The van der Waals surface area contributed by atoms with Gasteiger partial charge < -0.3 is 10.2 Å². The SMILES string of the molecule is C[C@H](CC[C@H]1C(C(=O)O)=CC(=O)[C@H]2C(C)(C)CCC[C@]12C)CC(=O)O. The number of allylic oxidation sites excluding steroid dienone is 1. The number of carbonyl (C=O) groups excluding carboxylic acids is 1. The Morgan fingerprint density at radius 2 is 1.88 bits per heavy atom. The fourth-order valence-corrected chi connectivity index (χ4v) is 5.43. The minimum atomic E-state index is -1.02. The van der Waals surface area contributed by atoms with Crippen LogP contribution in [0.3, 0.4) is 0 Å². The van der Waals surface area contributed by atoms with E-state index in [0.717, 1.165) is 19.3 Å². The van der Waals surface area contributed by atoms with Crippen molar-refractivity contribution >= 4 is 17.7 Å². The van der Waals surface area contributed by atoms with Gasteiger partial charge in [-0.15, -0.1) is 0 Å². The molecule has 2 aliphatic rings. The number of carboxylic acid groups (broad SMARTS) is 2. The van der Waals surface area contributed by atoms with E-state index in [0.29, 0.717) is 12.8 Å². The van der Waals surface area contributed by atoms with Crippen LogP contribution in [0.5, 0.6) is 0 Å².